The van der Waals surface area contributed by atoms with Crippen molar-refractivity contribution in [1.82, 2.24) is 0 Å². The number of unbranched alkanes of at least 4 members (excludes halogenated alkanes) is 1. The summed E-state index contributed by atoms with van der Waals surface area (Å²) in [7, 11) is 0. The predicted molar refractivity (Wildman–Crippen MR) is 58.5 cm³/mol. The number of benzene rings is 1. The highest BCUT2D eigenvalue weighted by molar-refractivity contribution is 5.42. The number of nitrogens with two attached hydrogens (primary N) is 1. The van der Waals surface area contributed by atoms with E-state index >= 15 is 0 Å². The molecule has 0 radical (unpaired) electrons. The van der Waals surface area contributed by atoms with E-state index in [2.05, 4.69) is 13.0 Å². The standard InChI is InChI=1S/C12H17NO2/c1-9-5-4-7-11-12(9)10(14-15-11)6-2-3-8-13/h4-5,7,10H,2-3,6,8,13H2,1H3. The van der Waals surface area contributed by atoms with Crippen LogP contribution in [0.5, 0.6) is 5.75 Å². The molecule has 0 aliphatic carbocycles. The molecule has 1 aliphatic rings. The van der Waals surface area contributed by atoms with Gasteiger partial charge in [0.15, 0.2) is 5.75 Å². The Morgan fingerprint density at radius 1 is 1.33 bits per heavy atom. The highest BCUT2D eigenvalue weighted by Crippen LogP contribution is 2.39. The molecule has 2 rings (SSSR count). The van der Waals surface area contributed by atoms with Crippen molar-refractivity contribution in [3.63, 3.8) is 0 Å². The molecule has 0 amide bonds. The van der Waals surface area contributed by atoms with Crippen molar-refractivity contribution >= 4 is 0 Å². The summed E-state index contributed by atoms with van der Waals surface area (Å²) in [5.41, 5.74) is 7.91. The molecule has 0 fully saturated rings. The van der Waals surface area contributed by atoms with Gasteiger partial charge in [0.2, 0.25) is 0 Å². The third-order valence-corrected chi connectivity index (χ3v) is 2.78. The SMILES string of the molecule is Cc1cccc2c1C(CCCCN)OO2. The monoisotopic (exact) mass is 207 g/mol. The Kier molecular flexibility index (Phi) is 3.23. The van der Waals surface area contributed by atoms with Gasteiger partial charge < -0.3 is 10.6 Å². The molecular weight excluding hydrogens is 190 g/mol. The summed E-state index contributed by atoms with van der Waals surface area (Å²) in [5, 5.41) is 0. The first-order chi connectivity index (χ1) is 7.33. The molecule has 0 aromatic heterocycles. The van der Waals surface area contributed by atoms with E-state index in [-0.39, 0.29) is 6.10 Å². The Labute approximate surface area is 90.1 Å². The van der Waals surface area contributed by atoms with E-state index in [0.717, 1.165) is 31.6 Å². The van der Waals surface area contributed by atoms with Crippen LogP contribution < -0.4 is 10.6 Å². The highest BCUT2D eigenvalue weighted by Gasteiger charge is 2.27. The van der Waals surface area contributed by atoms with Crippen LogP contribution in [0.3, 0.4) is 0 Å². The largest absolute Gasteiger partial charge is 0.337 e. The summed E-state index contributed by atoms with van der Waals surface area (Å²) in [4.78, 5) is 10.5. The van der Waals surface area contributed by atoms with Gasteiger partial charge in [-0.2, -0.15) is 4.89 Å². The van der Waals surface area contributed by atoms with Crippen molar-refractivity contribution < 1.29 is 9.78 Å². The first kappa shape index (κ1) is 10.5. The van der Waals surface area contributed by atoms with E-state index in [4.69, 9.17) is 15.5 Å². The second-order valence-corrected chi connectivity index (χ2v) is 3.94. The van der Waals surface area contributed by atoms with Gasteiger partial charge >= 0.3 is 0 Å². The van der Waals surface area contributed by atoms with Crippen LogP contribution in [0, 0.1) is 6.92 Å². The molecule has 0 spiro atoms. The second kappa shape index (κ2) is 4.64. The lowest BCUT2D eigenvalue weighted by atomic mass is 9.99. The minimum atomic E-state index is 0.0905. The van der Waals surface area contributed by atoms with Gasteiger partial charge in [0.1, 0.15) is 6.10 Å². The normalized spacial score (nSPS) is 18.7. The maximum Gasteiger partial charge on any atom is 0.171 e. The molecule has 1 heterocycles. The number of aryl methyl sites for hydroxylation is 1. The summed E-state index contributed by atoms with van der Waals surface area (Å²) in [6.45, 7) is 2.83. The van der Waals surface area contributed by atoms with Gasteiger partial charge in [0, 0.05) is 5.56 Å². The quantitative estimate of drug-likeness (QED) is 0.609. The number of hydrogen-bond acceptors (Lipinski definition) is 3. The highest BCUT2D eigenvalue weighted by atomic mass is 17.2. The lowest BCUT2D eigenvalue weighted by Gasteiger charge is -2.08. The molecule has 1 aromatic carbocycles. The van der Waals surface area contributed by atoms with Crippen LogP contribution in [0.25, 0.3) is 0 Å². The van der Waals surface area contributed by atoms with E-state index in [1.807, 2.05) is 12.1 Å². The molecule has 3 nitrogen and oxygen atoms in total. The molecule has 1 unspecified atom stereocenters. The molecule has 15 heavy (non-hydrogen) atoms. The first-order valence-electron chi connectivity index (χ1n) is 5.46. The van der Waals surface area contributed by atoms with Crippen molar-refractivity contribution in [3.8, 4) is 5.75 Å². The maximum atomic E-state index is 5.47. The number of hydrogen-bond donors (Lipinski definition) is 1. The molecule has 0 saturated carbocycles. The van der Waals surface area contributed by atoms with Crippen LogP contribution in [0.15, 0.2) is 18.2 Å². The van der Waals surface area contributed by atoms with Gasteiger partial charge in [-0.25, -0.2) is 0 Å². The first-order valence-corrected chi connectivity index (χ1v) is 5.46. The fourth-order valence-electron chi connectivity index (χ4n) is 1.96. The van der Waals surface area contributed by atoms with Gasteiger partial charge in [-0.1, -0.05) is 12.1 Å². The predicted octanol–water partition coefficient (Wildman–Crippen LogP) is 2.49. The summed E-state index contributed by atoms with van der Waals surface area (Å²) in [6.07, 6.45) is 3.20. The molecule has 1 atom stereocenters. The lowest BCUT2D eigenvalue weighted by Crippen LogP contribution is -2.02. The van der Waals surface area contributed by atoms with Crippen LogP contribution in [-0.4, -0.2) is 6.54 Å². The van der Waals surface area contributed by atoms with Crippen molar-refractivity contribution in [3.05, 3.63) is 29.3 Å². The van der Waals surface area contributed by atoms with Crippen LogP contribution in [0.4, 0.5) is 0 Å². The minimum Gasteiger partial charge on any atom is -0.337 e. The van der Waals surface area contributed by atoms with E-state index in [0.29, 0.717) is 0 Å². The van der Waals surface area contributed by atoms with Crippen molar-refractivity contribution in [2.24, 2.45) is 5.73 Å². The van der Waals surface area contributed by atoms with E-state index in [1.54, 1.807) is 0 Å². The third kappa shape index (κ3) is 2.13. The summed E-state index contributed by atoms with van der Waals surface area (Å²) in [5.74, 6) is 0.868. The Morgan fingerprint density at radius 3 is 3.00 bits per heavy atom. The van der Waals surface area contributed by atoms with Gasteiger partial charge in [-0.15, -0.1) is 0 Å². The smallest absolute Gasteiger partial charge is 0.171 e. The van der Waals surface area contributed by atoms with Crippen molar-refractivity contribution in [2.45, 2.75) is 32.3 Å². The number of rotatable bonds is 4. The molecular formula is C12H17NO2. The molecule has 0 bridgehead atoms. The van der Waals surface area contributed by atoms with Crippen LogP contribution in [0.1, 0.15) is 36.5 Å². The lowest BCUT2D eigenvalue weighted by molar-refractivity contribution is -0.225. The van der Waals surface area contributed by atoms with Gasteiger partial charge in [-0.3, -0.25) is 0 Å². The second-order valence-electron chi connectivity index (χ2n) is 3.94. The summed E-state index contributed by atoms with van der Waals surface area (Å²) < 4.78 is 0. The van der Waals surface area contributed by atoms with Gasteiger partial charge in [0.25, 0.3) is 0 Å². The molecule has 1 aromatic rings. The van der Waals surface area contributed by atoms with Gasteiger partial charge in [-0.05, 0) is 44.4 Å². The van der Waals surface area contributed by atoms with Crippen LogP contribution in [0.2, 0.25) is 0 Å². The molecule has 3 heteroatoms. The Balaban J connectivity index is 2.07. The fraction of sp³-hybridized carbons (Fsp3) is 0.500. The van der Waals surface area contributed by atoms with Crippen molar-refractivity contribution in [2.75, 3.05) is 6.54 Å². The van der Waals surface area contributed by atoms with E-state index < -0.39 is 0 Å². The van der Waals surface area contributed by atoms with Gasteiger partial charge in [0.05, 0.1) is 0 Å². The maximum absolute atomic E-state index is 5.47. The van der Waals surface area contributed by atoms with Crippen LogP contribution >= 0.6 is 0 Å². The van der Waals surface area contributed by atoms with E-state index in [9.17, 15) is 0 Å². The zero-order chi connectivity index (χ0) is 10.7. The fourth-order valence-corrected chi connectivity index (χ4v) is 1.96. The van der Waals surface area contributed by atoms with E-state index in [1.165, 1.54) is 11.1 Å². The molecule has 82 valence electrons. The molecule has 1 aliphatic heterocycles. The Bertz CT molecular complexity index is 338. The zero-order valence-corrected chi connectivity index (χ0v) is 9.03. The third-order valence-electron chi connectivity index (χ3n) is 2.78. The van der Waals surface area contributed by atoms with Crippen molar-refractivity contribution in [1.29, 1.82) is 0 Å². The average Bonchev–Trinajstić information content (AvgIpc) is 2.63. The Morgan fingerprint density at radius 2 is 2.20 bits per heavy atom. The molecule has 0 saturated heterocycles. The Hall–Kier alpha value is -1.06. The summed E-state index contributed by atoms with van der Waals surface area (Å²) >= 11 is 0. The minimum absolute atomic E-state index is 0.0905. The average molecular weight is 207 g/mol. The number of fused-ring (bicyclic) bond motifs is 1. The zero-order valence-electron chi connectivity index (χ0n) is 9.03. The van der Waals surface area contributed by atoms with Crippen LogP contribution in [-0.2, 0) is 4.89 Å². The molecule has 2 N–H and O–H groups in total. The topological polar surface area (TPSA) is 44.5 Å². The summed E-state index contributed by atoms with van der Waals surface area (Å²) in [6, 6.07) is 6.03.